The Hall–Kier alpha value is -2.15. The summed E-state index contributed by atoms with van der Waals surface area (Å²) >= 11 is 11.8. The Balaban J connectivity index is 1.83. The Labute approximate surface area is 146 Å². The lowest BCUT2D eigenvalue weighted by Gasteiger charge is -2.17. The van der Waals surface area contributed by atoms with Gasteiger partial charge in [-0.3, -0.25) is 0 Å². The Morgan fingerprint density at radius 3 is 2.57 bits per heavy atom. The zero-order chi connectivity index (χ0) is 16.7. The third-order valence-electron chi connectivity index (χ3n) is 3.08. The number of nitrogens with one attached hydrogen (secondary N) is 1. The van der Waals surface area contributed by atoms with E-state index in [4.69, 9.17) is 23.2 Å². The van der Waals surface area contributed by atoms with Crippen molar-refractivity contribution in [3.05, 3.63) is 69.7 Å². The van der Waals surface area contributed by atoms with E-state index in [1.54, 1.807) is 24.1 Å². The van der Waals surface area contributed by atoms with Crippen LogP contribution in [0.25, 0.3) is 0 Å². The normalized spacial score (nSPS) is 9.70. The smallest absolute Gasteiger partial charge is 0.318 e. The number of amides is 2. The molecule has 0 saturated carbocycles. The Bertz CT molecular complexity index is 736. The topological polar surface area (TPSA) is 32.3 Å². The first kappa shape index (κ1) is 17.2. The number of urea groups is 1. The second-order valence-corrected chi connectivity index (χ2v) is 5.75. The zero-order valence-corrected chi connectivity index (χ0v) is 14.2. The summed E-state index contributed by atoms with van der Waals surface area (Å²) in [6.07, 6.45) is 0. The predicted molar refractivity (Wildman–Crippen MR) is 94.6 cm³/mol. The number of carbonyl (C=O) groups excluding carboxylic acids is 1. The minimum Gasteiger partial charge on any atom is -0.327 e. The lowest BCUT2D eigenvalue weighted by Crippen LogP contribution is -2.36. The van der Waals surface area contributed by atoms with Crippen molar-refractivity contribution in [2.45, 2.75) is 6.54 Å². The lowest BCUT2D eigenvalue weighted by atomic mass is 10.2. The van der Waals surface area contributed by atoms with Gasteiger partial charge in [-0.25, -0.2) is 4.79 Å². The molecule has 0 aliphatic rings. The molecule has 2 aromatic carbocycles. The predicted octanol–water partition coefficient (Wildman–Crippen LogP) is 4.19. The highest BCUT2D eigenvalue weighted by molar-refractivity contribution is 6.42. The van der Waals surface area contributed by atoms with Crippen LogP contribution in [-0.2, 0) is 6.54 Å². The van der Waals surface area contributed by atoms with Crippen molar-refractivity contribution in [3.8, 4) is 11.8 Å². The third kappa shape index (κ3) is 5.52. The first-order valence-corrected chi connectivity index (χ1v) is 7.78. The maximum absolute atomic E-state index is 12.0. The molecule has 2 rings (SSSR count). The van der Waals surface area contributed by atoms with Crippen LogP contribution < -0.4 is 5.32 Å². The van der Waals surface area contributed by atoms with Gasteiger partial charge < -0.3 is 10.2 Å². The molecular formula is C18H16Cl2N2O. The van der Waals surface area contributed by atoms with Crippen molar-refractivity contribution >= 4 is 29.2 Å². The van der Waals surface area contributed by atoms with E-state index in [9.17, 15) is 4.79 Å². The lowest BCUT2D eigenvalue weighted by molar-refractivity contribution is 0.208. The minimum atomic E-state index is -0.196. The van der Waals surface area contributed by atoms with Gasteiger partial charge in [0.1, 0.15) is 0 Å². The number of halogens is 2. The maximum Gasteiger partial charge on any atom is 0.318 e. The van der Waals surface area contributed by atoms with Crippen LogP contribution in [0, 0.1) is 11.8 Å². The van der Waals surface area contributed by atoms with Gasteiger partial charge in [0.05, 0.1) is 16.6 Å². The first-order chi connectivity index (χ1) is 11.1. The van der Waals surface area contributed by atoms with Crippen molar-refractivity contribution in [2.24, 2.45) is 0 Å². The van der Waals surface area contributed by atoms with Crippen molar-refractivity contribution in [2.75, 3.05) is 13.6 Å². The fourth-order valence-electron chi connectivity index (χ4n) is 1.91. The molecule has 3 nitrogen and oxygen atoms in total. The highest BCUT2D eigenvalue weighted by Crippen LogP contribution is 2.23. The molecule has 118 valence electrons. The van der Waals surface area contributed by atoms with E-state index in [2.05, 4.69) is 17.2 Å². The van der Waals surface area contributed by atoms with Crippen LogP contribution in [0.5, 0.6) is 0 Å². The molecule has 0 saturated heterocycles. The van der Waals surface area contributed by atoms with Crippen LogP contribution in [0.2, 0.25) is 10.0 Å². The van der Waals surface area contributed by atoms with E-state index in [0.29, 0.717) is 23.1 Å². The number of carbonyl (C=O) groups is 1. The number of hydrogen-bond donors (Lipinski definition) is 1. The molecule has 0 atom stereocenters. The second kappa shape index (κ2) is 8.47. The van der Waals surface area contributed by atoms with Crippen LogP contribution in [0.1, 0.15) is 11.1 Å². The fraction of sp³-hybridized carbons (Fsp3) is 0.167. The quantitative estimate of drug-likeness (QED) is 0.830. The average molecular weight is 347 g/mol. The molecule has 2 amide bonds. The zero-order valence-electron chi connectivity index (χ0n) is 12.6. The van der Waals surface area contributed by atoms with Gasteiger partial charge in [0, 0.05) is 19.2 Å². The Kier molecular flexibility index (Phi) is 6.34. The largest absolute Gasteiger partial charge is 0.327 e. The second-order valence-electron chi connectivity index (χ2n) is 4.93. The minimum absolute atomic E-state index is 0.196. The molecule has 0 spiro atoms. The average Bonchev–Trinajstić information content (AvgIpc) is 2.55. The van der Waals surface area contributed by atoms with Crippen LogP contribution in [0.4, 0.5) is 4.79 Å². The van der Waals surface area contributed by atoms with Crippen LogP contribution in [0.15, 0.2) is 48.5 Å². The van der Waals surface area contributed by atoms with Gasteiger partial charge in [0.15, 0.2) is 0 Å². The number of rotatable bonds is 3. The van der Waals surface area contributed by atoms with Gasteiger partial charge in [-0.1, -0.05) is 59.3 Å². The standard InChI is InChI=1S/C18H16Cl2N2O/c1-22(13-15-9-10-16(19)17(20)12-15)18(23)21-11-5-8-14-6-3-2-4-7-14/h2-4,6-7,9-10,12H,11,13H2,1H3,(H,21,23). The van der Waals surface area contributed by atoms with E-state index in [1.807, 2.05) is 36.4 Å². The summed E-state index contributed by atoms with van der Waals surface area (Å²) < 4.78 is 0. The number of nitrogens with zero attached hydrogens (tertiary/aromatic N) is 1. The highest BCUT2D eigenvalue weighted by atomic mass is 35.5. The van der Waals surface area contributed by atoms with Crippen LogP contribution >= 0.6 is 23.2 Å². The van der Waals surface area contributed by atoms with E-state index in [1.165, 1.54) is 0 Å². The van der Waals surface area contributed by atoms with Gasteiger partial charge in [0.2, 0.25) is 0 Å². The fourth-order valence-corrected chi connectivity index (χ4v) is 2.23. The summed E-state index contributed by atoms with van der Waals surface area (Å²) in [7, 11) is 1.71. The number of hydrogen-bond acceptors (Lipinski definition) is 1. The third-order valence-corrected chi connectivity index (χ3v) is 3.82. The molecule has 23 heavy (non-hydrogen) atoms. The van der Waals surface area contributed by atoms with Gasteiger partial charge in [0.25, 0.3) is 0 Å². The Morgan fingerprint density at radius 1 is 1.13 bits per heavy atom. The van der Waals surface area contributed by atoms with Crippen molar-refractivity contribution < 1.29 is 4.79 Å². The first-order valence-electron chi connectivity index (χ1n) is 7.03. The Morgan fingerprint density at radius 2 is 1.87 bits per heavy atom. The molecule has 5 heteroatoms. The highest BCUT2D eigenvalue weighted by Gasteiger charge is 2.08. The SMILES string of the molecule is CN(Cc1ccc(Cl)c(Cl)c1)C(=O)NCC#Cc1ccccc1. The molecule has 0 bridgehead atoms. The molecular weight excluding hydrogens is 331 g/mol. The van der Waals surface area contributed by atoms with Gasteiger partial charge in [-0.2, -0.15) is 0 Å². The maximum atomic E-state index is 12.0. The molecule has 2 aromatic rings. The molecule has 0 aliphatic carbocycles. The summed E-state index contributed by atoms with van der Waals surface area (Å²) in [6, 6.07) is 14.7. The molecule has 0 heterocycles. The van der Waals surface area contributed by atoms with Crippen molar-refractivity contribution in [1.29, 1.82) is 0 Å². The van der Waals surface area contributed by atoms with Crippen LogP contribution in [0.3, 0.4) is 0 Å². The van der Waals surface area contributed by atoms with Gasteiger partial charge >= 0.3 is 6.03 Å². The van der Waals surface area contributed by atoms with E-state index >= 15 is 0 Å². The van der Waals surface area contributed by atoms with E-state index < -0.39 is 0 Å². The molecule has 0 aromatic heterocycles. The molecule has 0 radical (unpaired) electrons. The summed E-state index contributed by atoms with van der Waals surface area (Å²) in [6.45, 7) is 0.730. The van der Waals surface area contributed by atoms with Gasteiger partial charge in [-0.05, 0) is 29.8 Å². The van der Waals surface area contributed by atoms with E-state index in [-0.39, 0.29) is 6.03 Å². The van der Waals surface area contributed by atoms with E-state index in [0.717, 1.165) is 11.1 Å². The molecule has 1 N–H and O–H groups in total. The summed E-state index contributed by atoms with van der Waals surface area (Å²) in [4.78, 5) is 13.6. The summed E-state index contributed by atoms with van der Waals surface area (Å²) in [5.41, 5.74) is 1.83. The number of benzene rings is 2. The monoisotopic (exact) mass is 346 g/mol. The summed E-state index contributed by atoms with van der Waals surface area (Å²) in [5.74, 6) is 5.91. The summed E-state index contributed by atoms with van der Waals surface area (Å²) in [5, 5.41) is 3.73. The van der Waals surface area contributed by atoms with Crippen molar-refractivity contribution in [3.63, 3.8) is 0 Å². The molecule has 0 aliphatic heterocycles. The van der Waals surface area contributed by atoms with Crippen LogP contribution in [-0.4, -0.2) is 24.5 Å². The molecule has 0 fully saturated rings. The van der Waals surface area contributed by atoms with Gasteiger partial charge in [-0.15, -0.1) is 0 Å². The van der Waals surface area contributed by atoms with Crippen molar-refractivity contribution in [1.82, 2.24) is 10.2 Å². The molecule has 0 unspecified atom stereocenters.